The summed E-state index contributed by atoms with van der Waals surface area (Å²) in [5, 5.41) is 0. The number of rotatable bonds is 5. The number of esters is 1. The Morgan fingerprint density at radius 2 is 2.26 bits per heavy atom. The molecule has 0 spiro atoms. The molecule has 1 aromatic heterocycles. The number of carbonyl (C=O) groups is 1. The number of nitrogens with zero attached hydrogens (tertiary/aromatic N) is 2. The quantitative estimate of drug-likeness (QED) is 0.828. The Hall–Kier alpha value is -2.24. The van der Waals surface area contributed by atoms with Crippen LogP contribution in [0, 0.1) is 0 Å². The van der Waals surface area contributed by atoms with E-state index in [1.165, 1.54) is 0 Å². The summed E-state index contributed by atoms with van der Waals surface area (Å²) in [6, 6.07) is 5.58. The van der Waals surface area contributed by atoms with Gasteiger partial charge in [-0.25, -0.2) is 4.98 Å². The largest absolute Gasteiger partial charge is 0.494 e. The fourth-order valence-electron chi connectivity index (χ4n) is 1.98. The first-order chi connectivity index (χ1) is 9.17. The maximum absolute atomic E-state index is 11.4. The number of nitrogens with two attached hydrogens (primary N) is 1. The molecule has 1 aromatic carbocycles. The van der Waals surface area contributed by atoms with Crippen molar-refractivity contribution in [1.82, 2.24) is 9.55 Å². The van der Waals surface area contributed by atoms with Gasteiger partial charge in [-0.1, -0.05) is 6.07 Å². The summed E-state index contributed by atoms with van der Waals surface area (Å²) in [5.74, 6) is 0.787. The van der Waals surface area contributed by atoms with Gasteiger partial charge < -0.3 is 19.8 Å². The van der Waals surface area contributed by atoms with E-state index in [4.69, 9.17) is 15.2 Å². The minimum atomic E-state index is -0.244. The van der Waals surface area contributed by atoms with Crippen LogP contribution in [0.25, 0.3) is 11.0 Å². The summed E-state index contributed by atoms with van der Waals surface area (Å²) in [6.07, 6.45) is 0.265. The molecule has 19 heavy (non-hydrogen) atoms. The molecule has 0 atom stereocenters. The van der Waals surface area contributed by atoms with Gasteiger partial charge in [0.15, 0.2) is 0 Å². The Bertz CT molecular complexity index is 592. The molecule has 0 saturated heterocycles. The summed E-state index contributed by atoms with van der Waals surface area (Å²) in [4.78, 5) is 15.7. The number of para-hydroxylation sites is 1. The molecular formula is C13H17N3O3. The molecule has 0 bridgehead atoms. The van der Waals surface area contributed by atoms with E-state index in [-0.39, 0.29) is 12.4 Å². The van der Waals surface area contributed by atoms with Gasteiger partial charge in [0.25, 0.3) is 0 Å². The highest BCUT2D eigenvalue weighted by atomic mass is 16.5. The number of fused-ring (bicyclic) bond motifs is 1. The number of anilines is 1. The zero-order chi connectivity index (χ0) is 13.8. The van der Waals surface area contributed by atoms with Gasteiger partial charge in [-0.3, -0.25) is 4.79 Å². The predicted octanol–water partition coefficient (Wildman–Crippen LogP) is 1.58. The number of nitrogen functional groups attached to an aromatic ring is 1. The van der Waals surface area contributed by atoms with Crippen LogP contribution in [0.15, 0.2) is 18.2 Å². The lowest BCUT2D eigenvalue weighted by Gasteiger charge is -2.06. The van der Waals surface area contributed by atoms with Crippen LogP contribution in [-0.4, -0.2) is 29.2 Å². The number of hydrogen-bond acceptors (Lipinski definition) is 5. The van der Waals surface area contributed by atoms with E-state index in [1.807, 2.05) is 18.2 Å². The van der Waals surface area contributed by atoms with E-state index < -0.39 is 0 Å². The van der Waals surface area contributed by atoms with Gasteiger partial charge in [-0.15, -0.1) is 0 Å². The molecule has 6 heteroatoms. The monoisotopic (exact) mass is 263 g/mol. The Kier molecular flexibility index (Phi) is 3.89. The number of carbonyl (C=O) groups excluding carboxylic acids is 1. The lowest BCUT2D eigenvalue weighted by molar-refractivity contribution is -0.143. The van der Waals surface area contributed by atoms with Crippen molar-refractivity contribution in [3.63, 3.8) is 0 Å². The van der Waals surface area contributed by atoms with Gasteiger partial charge in [0.1, 0.15) is 11.3 Å². The smallest absolute Gasteiger partial charge is 0.307 e. The molecule has 0 radical (unpaired) electrons. The fraction of sp³-hybridized carbons (Fsp3) is 0.385. The normalized spacial score (nSPS) is 10.6. The molecule has 102 valence electrons. The third kappa shape index (κ3) is 2.62. The van der Waals surface area contributed by atoms with Crippen LogP contribution in [-0.2, 0) is 16.1 Å². The lowest BCUT2D eigenvalue weighted by atomic mass is 10.3. The van der Waals surface area contributed by atoms with Crippen molar-refractivity contribution in [1.29, 1.82) is 0 Å². The predicted molar refractivity (Wildman–Crippen MR) is 71.9 cm³/mol. The molecule has 0 unspecified atom stereocenters. The van der Waals surface area contributed by atoms with E-state index in [0.29, 0.717) is 30.4 Å². The van der Waals surface area contributed by atoms with Crippen molar-refractivity contribution in [2.75, 3.05) is 19.5 Å². The van der Waals surface area contributed by atoms with Gasteiger partial charge in [0.05, 0.1) is 25.7 Å². The van der Waals surface area contributed by atoms with Gasteiger partial charge in [0, 0.05) is 6.54 Å². The molecule has 0 aliphatic carbocycles. The second kappa shape index (κ2) is 5.60. The number of hydrogen-bond donors (Lipinski definition) is 1. The van der Waals surface area contributed by atoms with E-state index in [0.717, 1.165) is 5.52 Å². The van der Waals surface area contributed by atoms with E-state index in [1.54, 1.807) is 18.6 Å². The molecule has 0 fully saturated rings. The van der Waals surface area contributed by atoms with Gasteiger partial charge in [0.2, 0.25) is 5.95 Å². The molecule has 0 aliphatic heterocycles. The number of aryl methyl sites for hydroxylation is 1. The number of imidazole rings is 1. The summed E-state index contributed by atoms with van der Waals surface area (Å²) in [5.41, 5.74) is 7.43. The third-order valence-electron chi connectivity index (χ3n) is 2.84. The van der Waals surface area contributed by atoms with Crippen LogP contribution < -0.4 is 10.5 Å². The summed E-state index contributed by atoms with van der Waals surface area (Å²) >= 11 is 0. The second-order valence-corrected chi connectivity index (χ2v) is 4.00. The Labute approximate surface area is 111 Å². The SMILES string of the molecule is CCOC(=O)CCn1c(N)nc2c(OC)cccc21. The van der Waals surface area contributed by atoms with Crippen LogP contribution in [0.4, 0.5) is 5.95 Å². The lowest BCUT2D eigenvalue weighted by Crippen LogP contribution is -2.10. The molecule has 0 saturated carbocycles. The van der Waals surface area contributed by atoms with Crippen molar-refractivity contribution >= 4 is 23.0 Å². The minimum Gasteiger partial charge on any atom is -0.494 e. The highest BCUT2D eigenvalue weighted by Gasteiger charge is 2.13. The zero-order valence-corrected chi connectivity index (χ0v) is 11.0. The average Bonchev–Trinajstić information content (AvgIpc) is 2.72. The molecule has 2 rings (SSSR count). The fourth-order valence-corrected chi connectivity index (χ4v) is 1.98. The van der Waals surface area contributed by atoms with Crippen molar-refractivity contribution in [3.05, 3.63) is 18.2 Å². The highest BCUT2D eigenvalue weighted by Crippen LogP contribution is 2.26. The molecule has 2 N–H and O–H groups in total. The number of ether oxygens (including phenoxy) is 2. The number of methoxy groups -OCH3 is 1. The van der Waals surface area contributed by atoms with Crippen LogP contribution in [0.3, 0.4) is 0 Å². The van der Waals surface area contributed by atoms with Crippen molar-refractivity contribution in [2.45, 2.75) is 19.9 Å². The van der Waals surface area contributed by atoms with Crippen LogP contribution in [0.2, 0.25) is 0 Å². The van der Waals surface area contributed by atoms with Crippen molar-refractivity contribution in [3.8, 4) is 5.75 Å². The molecule has 2 aromatic rings. The van der Waals surface area contributed by atoms with Gasteiger partial charge in [-0.05, 0) is 19.1 Å². The summed E-state index contributed by atoms with van der Waals surface area (Å²) < 4.78 is 11.9. The first-order valence-corrected chi connectivity index (χ1v) is 6.11. The Morgan fingerprint density at radius 1 is 1.47 bits per heavy atom. The number of benzene rings is 1. The van der Waals surface area contributed by atoms with E-state index >= 15 is 0 Å². The van der Waals surface area contributed by atoms with Gasteiger partial charge >= 0.3 is 5.97 Å². The molecular weight excluding hydrogens is 246 g/mol. The van der Waals surface area contributed by atoms with Crippen LogP contribution in [0.5, 0.6) is 5.75 Å². The number of aromatic nitrogens is 2. The highest BCUT2D eigenvalue weighted by molar-refractivity contribution is 5.84. The van der Waals surface area contributed by atoms with E-state index in [2.05, 4.69) is 4.98 Å². The third-order valence-corrected chi connectivity index (χ3v) is 2.84. The first kappa shape index (κ1) is 13.2. The van der Waals surface area contributed by atoms with Crippen LogP contribution in [0.1, 0.15) is 13.3 Å². The van der Waals surface area contributed by atoms with Gasteiger partial charge in [-0.2, -0.15) is 0 Å². The summed E-state index contributed by atoms with van der Waals surface area (Å²) in [6.45, 7) is 2.60. The average molecular weight is 263 g/mol. The summed E-state index contributed by atoms with van der Waals surface area (Å²) in [7, 11) is 1.59. The van der Waals surface area contributed by atoms with Crippen molar-refractivity contribution in [2.24, 2.45) is 0 Å². The first-order valence-electron chi connectivity index (χ1n) is 6.11. The molecule has 0 aliphatic rings. The molecule has 1 heterocycles. The zero-order valence-electron chi connectivity index (χ0n) is 11.0. The maximum Gasteiger partial charge on any atom is 0.307 e. The Morgan fingerprint density at radius 3 is 2.95 bits per heavy atom. The minimum absolute atomic E-state index is 0.244. The van der Waals surface area contributed by atoms with Crippen molar-refractivity contribution < 1.29 is 14.3 Å². The molecule has 0 amide bonds. The topological polar surface area (TPSA) is 79.4 Å². The van der Waals surface area contributed by atoms with E-state index in [9.17, 15) is 4.79 Å². The maximum atomic E-state index is 11.4. The second-order valence-electron chi connectivity index (χ2n) is 4.00. The molecule has 6 nitrogen and oxygen atoms in total. The Balaban J connectivity index is 2.28. The standard InChI is InChI=1S/C13H17N3O3/c1-3-19-11(17)7-8-16-9-5-4-6-10(18-2)12(9)15-13(16)14/h4-6H,3,7-8H2,1-2H3,(H2,14,15). The van der Waals surface area contributed by atoms with Crippen LogP contribution >= 0.6 is 0 Å².